The van der Waals surface area contributed by atoms with Gasteiger partial charge in [0.25, 0.3) is 11.2 Å². The lowest BCUT2D eigenvalue weighted by Crippen LogP contribution is -2.22. The van der Waals surface area contributed by atoms with E-state index in [1.165, 1.54) is 39.8 Å². The van der Waals surface area contributed by atoms with Crippen molar-refractivity contribution in [1.82, 2.24) is 24.9 Å². The van der Waals surface area contributed by atoms with Gasteiger partial charge in [0.1, 0.15) is 12.2 Å². The Labute approximate surface area is 171 Å². The molecule has 3 rings (SSSR count). The van der Waals surface area contributed by atoms with Crippen molar-refractivity contribution in [2.75, 3.05) is 6.61 Å². The van der Waals surface area contributed by atoms with Crippen LogP contribution in [0.4, 0.5) is 13.2 Å². The number of nitrogens with zero attached hydrogens (tertiary/aromatic N) is 5. The van der Waals surface area contributed by atoms with Crippen LogP contribution < -0.4 is 10.3 Å². The molecule has 13 heteroatoms. The summed E-state index contributed by atoms with van der Waals surface area (Å²) < 4.78 is 48.3. The third-order valence-corrected chi connectivity index (χ3v) is 4.10. The molecule has 3 aromatic rings. The number of ether oxygens (including phenoxy) is 1. The Morgan fingerprint density at radius 1 is 1.32 bits per heavy atom. The highest BCUT2D eigenvalue weighted by Gasteiger charge is 2.23. The fraction of sp³-hybridized carbons (Fsp3) is 0.267. The van der Waals surface area contributed by atoms with E-state index in [2.05, 4.69) is 20.2 Å². The van der Waals surface area contributed by atoms with Gasteiger partial charge in [0.15, 0.2) is 16.5 Å². The van der Waals surface area contributed by atoms with Gasteiger partial charge in [-0.1, -0.05) is 14.4 Å². The lowest BCUT2D eigenvalue weighted by Gasteiger charge is -2.10. The summed E-state index contributed by atoms with van der Waals surface area (Å²) in [5.41, 5.74) is -2.58. The molecule has 2 unspecified atom stereocenters. The van der Waals surface area contributed by atoms with E-state index in [4.69, 9.17) is 9.26 Å². The van der Waals surface area contributed by atoms with Crippen molar-refractivity contribution in [3.05, 3.63) is 52.4 Å². The topological polar surface area (TPSA) is 95.9 Å². The zero-order chi connectivity index (χ0) is 20.3. The first-order chi connectivity index (χ1) is 13.2. The minimum atomic E-state index is -3.08. The number of aromatic nitrogens is 5. The molecule has 3 aromatic heterocycles. The lowest BCUT2D eigenvalue weighted by molar-refractivity contribution is 0.0422. The van der Waals surface area contributed by atoms with Gasteiger partial charge >= 0.3 is 6.01 Å². The first kappa shape index (κ1) is 20.6. The van der Waals surface area contributed by atoms with E-state index in [0.29, 0.717) is 11.3 Å². The molecular weight excluding hydrogens is 513 g/mol. The fourth-order valence-electron chi connectivity index (χ4n) is 2.05. The van der Waals surface area contributed by atoms with Crippen molar-refractivity contribution >= 4 is 31.8 Å². The van der Waals surface area contributed by atoms with E-state index in [1.54, 1.807) is 22.6 Å². The van der Waals surface area contributed by atoms with Gasteiger partial charge in [-0.15, -0.1) is 0 Å². The highest BCUT2D eigenvalue weighted by molar-refractivity contribution is 14.1. The van der Waals surface area contributed by atoms with Crippen LogP contribution in [-0.2, 0) is 6.54 Å². The largest absolute Gasteiger partial charge is 0.457 e. The molecule has 28 heavy (non-hydrogen) atoms. The molecule has 8 nitrogen and oxygen atoms in total. The molecule has 0 saturated carbocycles. The summed E-state index contributed by atoms with van der Waals surface area (Å²) in [4.78, 5) is 19.7. The molecule has 148 valence electrons. The standard InChI is InChI=1S/C15H12F3IN5O3P/c16-13(19)11-3-9(27-23-11)6-24-12(25)2-1-10(22-24)8-4-20-14(21-5-8)26-7-15(17,18)28/h1-5,13H,6-7,28H2. The Balaban J connectivity index is 1.77. The lowest BCUT2D eigenvalue weighted by atomic mass is 10.2. The summed E-state index contributed by atoms with van der Waals surface area (Å²) in [5, 5.41) is 7.76. The van der Waals surface area contributed by atoms with E-state index >= 15 is 0 Å². The van der Waals surface area contributed by atoms with Gasteiger partial charge in [-0.05, 0) is 28.7 Å². The second-order valence-corrected chi connectivity index (χ2v) is 7.48. The van der Waals surface area contributed by atoms with Crippen LogP contribution in [0.5, 0.6) is 6.01 Å². The Morgan fingerprint density at radius 2 is 2.04 bits per heavy atom. The molecular formula is C15H12F3IN5O3P. The summed E-state index contributed by atoms with van der Waals surface area (Å²) in [6.45, 7) is -0.926. The molecule has 0 aromatic carbocycles. The highest BCUT2D eigenvalue weighted by Crippen LogP contribution is 2.24. The average Bonchev–Trinajstić information content (AvgIpc) is 3.11. The third kappa shape index (κ3) is 5.47. The second-order valence-electron chi connectivity index (χ2n) is 5.54. The Hall–Kier alpha value is -2.08. The molecule has 0 aliphatic heterocycles. The molecule has 0 fully saturated rings. The first-order valence-electron chi connectivity index (χ1n) is 7.65. The van der Waals surface area contributed by atoms with Crippen LogP contribution in [0.1, 0.15) is 15.6 Å². The maximum absolute atomic E-state index is 13.2. The van der Waals surface area contributed by atoms with Gasteiger partial charge < -0.3 is 9.26 Å². The van der Waals surface area contributed by atoms with E-state index in [-0.39, 0.29) is 24.0 Å². The number of alkyl halides is 4. The normalized spacial score (nSPS) is 12.8. The molecule has 0 bridgehead atoms. The predicted octanol–water partition coefficient (Wildman–Crippen LogP) is 2.99. The summed E-state index contributed by atoms with van der Waals surface area (Å²) in [5.74, 6) is 0.263. The van der Waals surface area contributed by atoms with Crippen LogP contribution in [0.15, 0.2) is 39.9 Å². The third-order valence-electron chi connectivity index (χ3n) is 3.29. The fourth-order valence-corrected chi connectivity index (χ4v) is 2.43. The van der Waals surface area contributed by atoms with Crippen LogP contribution in [0.25, 0.3) is 11.3 Å². The van der Waals surface area contributed by atoms with Crippen molar-refractivity contribution in [3.63, 3.8) is 0 Å². The van der Waals surface area contributed by atoms with Crippen molar-refractivity contribution in [2.24, 2.45) is 0 Å². The molecule has 0 saturated heterocycles. The first-order valence-corrected chi connectivity index (χ1v) is 9.47. The minimum absolute atomic E-state index is 0.0473. The smallest absolute Gasteiger partial charge is 0.316 e. The van der Waals surface area contributed by atoms with Crippen molar-refractivity contribution in [2.45, 2.75) is 16.4 Å². The highest BCUT2D eigenvalue weighted by atomic mass is 127. The van der Waals surface area contributed by atoms with Gasteiger partial charge in [0, 0.05) is 30.1 Å². The van der Waals surface area contributed by atoms with Crippen LogP contribution in [0, 0.1) is 0 Å². The molecule has 0 radical (unpaired) electrons. The molecule has 2 atom stereocenters. The average molecular weight is 525 g/mol. The zero-order valence-corrected chi connectivity index (χ0v) is 17.2. The molecule has 0 aliphatic carbocycles. The van der Waals surface area contributed by atoms with E-state index in [1.807, 2.05) is 0 Å². The molecule has 0 spiro atoms. The van der Waals surface area contributed by atoms with Gasteiger partial charge in [-0.2, -0.15) is 13.9 Å². The van der Waals surface area contributed by atoms with Crippen molar-refractivity contribution in [3.8, 4) is 17.3 Å². The van der Waals surface area contributed by atoms with E-state index in [9.17, 15) is 18.0 Å². The van der Waals surface area contributed by atoms with Crippen LogP contribution in [0.2, 0.25) is 0 Å². The minimum Gasteiger partial charge on any atom is -0.457 e. The van der Waals surface area contributed by atoms with E-state index < -0.39 is 22.0 Å². The van der Waals surface area contributed by atoms with Crippen LogP contribution in [0.3, 0.4) is 0 Å². The number of halogens is 4. The van der Waals surface area contributed by atoms with E-state index in [0.717, 1.165) is 4.68 Å². The number of rotatable bonds is 7. The SMILES string of the molecule is O=c1ccc(-c2cnc(OCC(F)(F)P)nc2)nn1Cc1cc(C(F)I)no1. The zero-order valence-electron chi connectivity index (χ0n) is 13.9. The molecule has 0 amide bonds. The summed E-state index contributed by atoms with van der Waals surface area (Å²) >= 11 is 1.54. The maximum Gasteiger partial charge on any atom is 0.316 e. The Kier molecular flexibility index (Phi) is 6.28. The Morgan fingerprint density at radius 3 is 2.64 bits per heavy atom. The summed E-state index contributed by atoms with van der Waals surface area (Å²) in [6.07, 6.45) is 2.66. The van der Waals surface area contributed by atoms with Crippen LogP contribution >= 0.6 is 31.8 Å². The van der Waals surface area contributed by atoms with Gasteiger partial charge in [0.05, 0.1) is 5.69 Å². The van der Waals surface area contributed by atoms with Crippen molar-refractivity contribution < 1.29 is 22.4 Å². The maximum atomic E-state index is 13.2. The second kappa shape index (κ2) is 8.52. The van der Waals surface area contributed by atoms with Gasteiger partial charge in [0.2, 0.25) is 0 Å². The molecule has 3 heterocycles. The number of hydrogen-bond acceptors (Lipinski definition) is 7. The molecule has 0 aliphatic rings. The summed E-state index contributed by atoms with van der Waals surface area (Å²) in [7, 11) is 1.36. The quantitative estimate of drug-likeness (QED) is 0.266. The number of hydrogen-bond donors (Lipinski definition) is 0. The Bertz CT molecular complexity index is 1010. The van der Waals surface area contributed by atoms with Crippen molar-refractivity contribution in [1.29, 1.82) is 0 Å². The monoisotopic (exact) mass is 525 g/mol. The van der Waals surface area contributed by atoms with Gasteiger partial charge in [-0.25, -0.2) is 19.0 Å². The van der Waals surface area contributed by atoms with Crippen LogP contribution in [-0.4, -0.2) is 37.2 Å². The molecule has 0 N–H and O–H groups in total. The predicted molar refractivity (Wildman–Crippen MR) is 103 cm³/mol. The summed E-state index contributed by atoms with van der Waals surface area (Å²) in [6, 6.07) is 3.93. The van der Waals surface area contributed by atoms with Gasteiger partial charge in [-0.3, -0.25) is 4.79 Å².